The third-order valence-corrected chi connectivity index (χ3v) is 2.92. The maximum atomic E-state index is 11.8. The predicted molar refractivity (Wildman–Crippen MR) is 74.9 cm³/mol. The zero-order chi connectivity index (χ0) is 15.8. The van der Waals surface area contributed by atoms with Gasteiger partial charge in [-0.15, -0.1) is 0 Å². The van der Waals surface area contributed by atoms with Gasteiger partial charge in [0.2, 0.25) is 0 Å². The Morgan fingerprint density at radius 3 is 2.71 bits per heavy atom. The average molecular weight is 367 g/mol. The van der Waals surface area contributed by atoms with Crippen LogP contribution in [0, 0.1) is 0 Å². The molecule has 0 aliphatic rings. The highest BCUT2D eigenvalue weighted by Gasteiger charge is 2.10. The Hall–Kier alpha value is -1.74. The fourth-order valence-corrected chi connectivity index (χ4v) is 1.77. The second kappa shape index (κ2) is 8.53. The van der Waals surface area contributed by atoms with Gasteiger partial charge in [0.1, 0.15) is 6.61 Å². The van der Waals surface area contributed by atoms with Crippen molar-refractivity contribution in [1.82, 2.24) is 5.32 Å². The monoisotopic (exact) mass is 366 g/mol. The van der Waals surface area contributed by atoms with Gasteiger partial charge in [-0.2, -0.15) is 0 Å². The number of anilines is 1. The SMILES string of the molecule is O=C(NCCOCC(F)F)Nc1ccc(Br)c(C(=O)O)c1. The summed E-state index contributed by atoms with van der Waals surface area (Å²) >= 11 is 3.08. The van der Waals surface area contributed by atoms with Gasteiger partial charge >= 0.3 is 12.0 Å². The smallest absolute Gasteiger partial charge is 0.336 e. The maximum Gasteiger partial charge on any atom is 0.336 e. The van der Waals surface area contributed by atoms with Crippen molar-refractivity contribution in [3.8, 4) is 0 Å². The van der Waals surface area contributed by atoms with E-state index in [0.717, 1.165) is 0 Å². The maximum absolute atomic E-state index is 11.8. The number of benzene rings is 1. The van der Waals surface area contributed by atoms with E-state index in [4.69, 9.17) is 5.11 Å². The van der Waals surface area contributed by atoms with Gasteiger partial charge < -0.3 is 20.5 Å². The van der Waals surface area contributed by atoms with Crippen LogP contribution >= 0.6 is 15.9 Å². The minimum absolute atomic E-state index is 0.00747. The molecule has 0 heterocycles. The Morgan fingerprint density at radius 2 is 2.10 bits per heavy atom. The Labute approximate surface area is 127 Å². The summed E-state index contributed by atoms with van der Waals surface area (Å²) in [6.07, 6.45) is -2.55. The molecule has 0 aliphatic heterocycles. The van der Waals surface area contributed by atoms with E-state index < -0.39 is 25.0 Å². The Balaban J connectivity index is 2.41. The molecule has 3 N–H and O–H groups in total. The van der Waals surface area contributed by atoms with Gasteiger partial charge in [-0.05, 0) is 34.1 Å². The summed E-state index contributed by atoms with van der Waals surface area (Å²) in [5.41, 5.74) is 0.301. The van der Waals surface area contributed by atoms with Crippen LogP contribution in [0.3, 0.4) is 0 Å². The molecule has 0 unspecified atom stereocenters. The number of halogens is 3. The quantitative estimate of drug-likeness (QED) is 0.647. The fourth-order valence-electron chi connectivity index (χ4n) is 1.35. The first-order valence-corrected chi connectivity index (χ1v) is 6.63. The highest BCUT2D eigenvalue weighted by molar-refractivity contribution is 9.10. The molecule has 0 saturated carbocycles. The molecule has 0 atom stereocenters. The number of amides is 2. The first kappa shape index (κ1) is 17.3. The third kappa shape index (κ3) is 6.50. The molecule has 0 saturated heterocycles. The fraction of sp³-hybridized carbons (Fsp3) is 0.333. The Bertz CT molecular complexity index is 514. The molecule has 9 heteroatoms. The number of ether oxygens (including phenoxy) is 1. The number of carboxylic acid groups (broad SMARTS) is 1. The van der Waals surface area contributed by atoms with Gasteiger partial charge in [0.05, 0.1) is 12.2 Å². The lowest BCUT2D eigenvalue weighted by molar-refractivity contribution is 0.0194. The van der Waals surface area contributed by atoms with E-state index in [2.05, 4.69) is 31.3 Å². The molecule has 6 nitrogen and oxygen atoms in total. The minimum Gasteiger partial charge on any atom is -0.478 e. The number of carbonyl (C=O) groups is 2. The lowest BCUT2D eigenvalue weighted by Gasteiger charge is -2.09. The number of rotatable bonds is 7. The van der Waals surface area contributed by atoms with Crippen LogP contribution in [0.25, 0.3) is 0 Å². The van der Waals surface area contributed by atoms with Gasteiger partial charge in [0.25, 0.3) is 6.43 Å². The number of carboxylic acids is 1. The molecule has 0 spiro atoms. The number of aromatic carboxylic acids is 1. The normalized spacial score (nSPS) is 10.5. The second-order valence-electron chi connectivity index (χ2n) is 3.85. The van der Waals surface area contributed by atoms with Crippen LogP contribution in [0.15, 0.2) is 22.7 Å². The van der Waals surface area contributed by atoms with Crippen molar-refractivity contribution < 1.29 is 28.2 Å². The summed E-state index contributed by atoms with van der Waals surface area (Å²) in [6.45, 7) is -0.669. The van der Waals surface area contributed by atoms with Gasteiger partial charge in [-0.3, -0.25) is 0 Å². The van der Waals surface area contributed by atoms with Crippen molar-refractivity contribution in [2.24, 2.45) is 0 Å². The second-order valence-corrected chi connectivity index (χ2v) is 4.70. The van der Waals surface area contributed by atoms with Gasteiger partial charge in [-0.1, -0.05) is 0 Å². The van der Waals surface area contributed by atoms with Crippen molar-refractivity contribution >= 4 is 33.6 Å². The van der Waals surface area contributed by atoms with Crippen molar-refractivity contribution in [3.63, 3.8) is 0 Å². The summed E-state index contributed by atoms with van der Waals surface area (Å²) < 4.78 is 28.5. The van der Waals surface area contributed by atoms with Crippen LogP contribution in [-0.2, 0) is 4.74 Å². The molecule has 1 aromatic rings. The molecule has 0 radical (unpaired) electrons. The third-order valence-electron chi connectivity index (χ3n) is 2.23. The van der Waals surface area contributed by atoms with E-state index in [0.29, 0.717) is 10.2 Å². The van der Waals surface area contributed by atoms with Crippen molar-refractivity contribution in [1.29, 1.82) is 0 Å². The standard InChI is InChI=1S/C12H13BrF2N2O4/c13-9-2-1-7(5-8(9)11(18)19)17-12(20)16-3-4-21-6-10(14)15/h1-2,5,10H,3-4,6H2,(H,18,19)(H2,16,17,20). The number of hydrogen-bond donors (Lipinski definition) is 3. The Morgan fingerprint density at radius 1 is 1.38 bits per heavy atom. The van der Waals surface area contributed by atoms with Crippen LogP contribution < -0.4 is 10.6 Å². The molecule has 2 amide bonds. The molecule has 1 aromatic carbocycles. The van der Waals surface area contributed by atoms with Crippen LogP contribution in [0.4, 0.5) is 19.3 Å². The zero-order valence-corrected chi connectivity index (χ0v) is 12.3. The van der Waals surface area contributed by atoms with Crippen molar-refractivity contribution in [3.05, 3.63) is 28.2 Å². The predicted octanol–water partition coefficient (Wildman–Crippen LogP) is 2.55. The minimum atomic E-state index is -2.55. The number of nitrogens with one attached hydrogen (secondary N) is 2. The van der Waals surface area contributed by atoms with E-state index >= 15 is 0 Å². The number of alkyl halides is 2. The molecular weight excluding hydrogens is 354 g/mol. The summed E-state index contributed by atoms with van der Waals surface area (Å²) in [6, 6.07) is 3.71. The first-order valence-electron chi connectivity index (χ1n) is 5.83. The van der Waals surface area contributed by atoms with Crippen LogP contribution in [0.2, 0.25) is 0 Å². The van der Waals surface area contributed by atoms with Gasteiger partial charge in [-0.25, -0.2) is 18.4 Å². The Kier molecular flexibility index (Phi) is 7.03. The van der Waals surface area contributed by atoms with Crippen LogP contribution in [0.1, 0.15) is 10.4 Å². The van der Waals surface area contributed by atoms with Crippen molar-refractivity contribution in [2.45, 2.75) is 6.43 Å². The van der Waals surface area contributed by atoms with E-state index in [9.17, 15) is 18.4 Å². The van der Waals surface area contributed by atoms with E-state index in [1.165, 1.54) is 18.2 Å². The number of carbonyl (C=O) groups excluding carboxylic acids is 1. The van der Waals surface area contributed by atoms with Crippen LogP contribution in [-0.4, -0.2) is 43.3 Å². The summed E-state index contributed by atoms with van der Waals surface area (Å²) in [4.78, 5) is 22.4. The number of hydrogen-bond acceptors (Lipinski definition) is 3. The number of urea groups is 1. The summed E-state index contributed by atoms with van der Waals surface area (Å²) in [7, 11) is 0. The molecule has 0 aliphatic carbocycles. The van der Waals surface area contributed by atoms with E-state index in [-0.39, 0.29) is 18.7 Å². The van der Waals surface area contributed by atoms with E-state index in [1.54, 1.807) is 0 Å². The molecular formula is C12H13BrF2N2O4. The molecule has 116 valence electrons. The molecule has 0 aromatic heterocycles. The summed E-state index contributed by atoms with van der Waals surface area (Å²) in [5, 5.41) is 13.7. The van der Waals surface area contributed by atoms with Crippen molar-refractivity contribution in [2.75, 3.05) is 25.1 Å². The first-order chi connectivity index (χ1) is 9.90. The topological polar surface area (TPSA) is 87.7 Å². The molecule has 0 bridgehead atoms. The van der Waals surface area contributed by atoms with Gasteiger partial charge in [0, 0.05) is 16.7 Å². The molecule has 1 rings (SSSR count). The van der Waals surface area contributed by atoms with Crippen LogP contribution in [0.5, 0.6) is 0 Å². The lowest BCUT2D eigenvalue weighted by atomic mass is 10.2. The highest BCUT2D eigenvalue weighted by atomic mass is 79.9. The largest absolute Gasteiger partial charge is 0.478 e. The van der Waals surface area contributed by atoms with Gasteiger partial charge in [0.15, 0.2) is 0 Å². The lowest BCUT2D eigenvalue weighted by Crippen LogP contribution is -2.32. The van der Waals surface area contributed by atoms with E-state index in [1.807, 2.05) is 0 Å². The summed E-state index contributed by atoms with van der Waals surface area (Å²) in [5.74, 6) is -1.13. The highest BCUT2D eigenvalue weighted by Crippen LogP contribution is 2.21. The molecule has 0 fully saturated rings. The molecule has 21 heavy (non-hydrogen) atoms. The average Bonchev–Trinajstić information content (AvgIpc) is 2.40. The zero-order valence-electron chi connectivity index (χ0n) is 10.7.